The normalized spacial score (nSPS) is 11.5. The molecule has 0 aliphatic carbocycles. The maximum absolute atomic E-state index is 13.6. The predicted octanol–water partition coefficient (Wildman–Crippen LogP) is 7.78. The van der Waals surface area contributed by atoms with Gasteiger partial charge in [-0.05, 0) is 53.3 Å². The van der Waals surface area contributed by atoms with E-state index in [9.17, 15) is 13.2 Å². The number of methoxy groups -OCH3 is 2. The first-order chi connectivity index (χ1) is 16.3. The van der Waals surface area contributed by atoms with Crippen molar-refractivity contribution in [2.75, 3.05) is 20.0 Å². The Labute approximate surface area is 225 Å². The quantitative estimate of drug-likeness (QED) is 0.147. The van der Waals surface area contributed by atoms with Gasteiger partial charge in [-0.15, -0.1) is 24.0 Å². The lowest BCUT2D eigenvalue weighted by Crippen LogP contribution is -2.28. The second kappa shape index (κ2) is 13.6. The van der Waals surface area contributed by atoms with Crippen LogP contribution in [0.5, 0.6) is 11.5 Å². The van der Waals surface area contributed by atoms with Crippen LogP contribution in [0.1, 0.15) is 23.6 Å². The highest BCUT2D eigenvalue weighted by molar-refractivity contribution is 14.0. The molecule has 3 rings (SSSR count). The summed E-state index contributed by atoms with van der Waals surface area (Å²) in [5, 5.41) is 0.519. The van der Waals surface area contributed by atoms with Crippen molar-refractivity contribution in [2.24, 2.45) is 4.99 Å². The second-order valence-electron chi connectivity index (χ2n) is 7.39. The summed E-state index contributed by atoms with van der Waals surface area (Å²) < 4.78 is 51.3. The number of alkyl halides is 3. The average Bonchev–Trinajstić information content (AvgIpc) is 2.84. The average molecular weight is 616 g/mol. The molecule has 0 aliphatic rings. The lowest BCUT2D eigenvalue weighted by molar-refractivity contribution is -0.137. The Morgan fingerprint density at radius 3 is 1.74 bits per heavy atom. The number of ether oxygens (including phenoxy) is 2. The van der Waals surface area contributed by atoms with E-state index in [2.05, 4.69) is 4.99 Å². The van der Waals surface area contributed by atoms with E-state index in [0.717, 1.165) is 28.7 Å². The summed E-state index contributed by atoms with van der Waals surface area (Å²) >= 11 is 1.41. The number of hydrogen-bond acceptors (Lipinski definition) is 4. The molecule has 4 nitrogen and oxygen atoms in total. The monoisotopic (exact) mass is 616 g/mol. The number of halogens is 4. The standard InChI is InChI=1S/C26H27F3N2O2S.HI/c1-4-34-25(30-24-8-6-5-7-23(24)26(27,28)29)31(17-19-9-13-21(32-2)14-10-19)18-20-11-15-22(33-3)16-12-20;/h5-16H,4,17-18H2,1-3H3;1H. The van der Waals surface area contributed by atoms with Gasteiger partial charge in [0.2, 0.25) is 0 Å². The molecular formula is C26H28F3IN2O2S. The molecule has 9 heteroatoms. The summed E-state index contributed by atoms with van der Waals surface area (Å²) in [4.78, 5) is 6.50. The fourth-order valence-corrected chi connectivity index (χ4v) is 4.06. The Morgan fingerprint density at radius 2 is 1.31 bits per heavy atom. The number of amidine groups is 1. The zero-order valence-electron chi connectivity index (χ0n) is 19.7. The molecular weight excluding hydrogens is 588 g/mol. The Morgan fingerprint density at radius 1 is 0.829 bits per heavy atom. The minimum atomic E-state index is -4.49. The number of nitrogens with zero attached hydrogens (tertiary/aromatic N) is 2. The van der Waals surface area contributed by atoms with Gasteiger partial charge in [-0.3, -0.25) is 0 Å². The van der Waals surface area contributed by atoms with E-state index in [4.69, 9.17) is 9.47 Å². The maximum atomic E-state index is 13.6. The predicted molar refractivity (Wildman–Crippen MR) is 147 cm³/mol. The first kappa shape index (κ1) is 28.8. The van der Waals surface area contributed by atoms with E-state index in [-0.39, 0.29) is 29.7 Å². The number of rotatable bonds is 8. The third-order valence-electron chi connectivity index (χ3n) is 5.03. The van der Waals surface area contributed by atoms with E-state index in [1.807, 2.05) is 60.4 Å². The highest BCUT2D eigenvalue weighted by Crippen LogP contribution is 2.37. The van der Waals surface area contributed by atoms with Crippen molar-refractivity contribution in [3.8, 4) is 11.5 Å². The second-order valence-corrected chi connectivity index (χ2v) is 8.63. The molecule has 0 saturated heterocycles. The Balaban J connectivity index is 0.00000432. The summed E-state index contributed by atoms with van der Waals surface area (Å²) in [5.41, 5.74) is 1.13. The summed E-state index contributed by atoms with van der Waals surface area (Å²) in [6.45, 7) is 2.89. The Bertz CT molecular complexity index is 1040. The molecule has 0 aliphatic heterocycles. The first-order valence-electron chi connectivity index (χ1n) is 10.7. The summed E-state index contributed by atoms with van der Waals surface area (Å²) in [5.74, 6) is 2.14. The topological polar surface area (TPSA) is 34.1 Å². The summed E-state index contributed by atoms with van der Waals surface area (Å²) in [6, 6.07) is 20.6. The van der Waals surface area contributed by atoms with Crippen LogP contribution in [0.4, 0.5) is 18.9 Å². The highest BCUT2D eigenvalue weighted by Gasteiger charge is 2.33. The molecule has 0 atom stereocenters. The minimum Gasteiger partial charge on any atom is -0.497 e. The van der Waals surface area contributed by atoms with Gasteiger partial charge in [-0.2, -0.15) is 13.2 Å². The molecule has 3 aromatic rings. The van der Waals surface area contributed by atoms with Crippen molar-refractivity contribution in [1.29, 1.82) is 0 Å². The maximum Gasteiger partial charge on any atom is 0.418 e. The van der Waals surface area contributed by atoms with Crippen LogP contribution < -0.4 is 9.47 Å². The fourth-order valence-electron chi connectivity index (χ4n) is 3.33. The largest absolute Gasteiger partial charge is 0.497 e. The van der Waals surface area contributed by atoms with Crippen LogP contribution in [-0.4, -0.2) is 30.0 Å². The van der Waals surface area contributed by atoms with E-state index >= 15 is 0 Å². The highest BCUT2D eigenvalue weighted by atomic mass is 127. The van der Waals surface area contributed by atoms with Crippen LogP contribution >= 0.6 is 35.7 Å². The molecule has 0 fully saturated rings. The molecule has 0 saturated carbocycles. The van der Waals surface area contributed by atoms with Gasteiger partial charge >= 0.3 is 6.18 Å². The van der Waals surface area contributed by atoms with Crippen LogP contribution in [-0.2, 0) is 19.3 Å². The molecule has 0 amide bonds. The van der Waals surface area contributed by atoms with Crippen molar-refractivity contribution in [2.45, 2.75) is 26.2 Å². The lowest BCUT2D eigenvalue weighted by atomic mass is 10.1. The van der Waals surface area contributed by atoms with Gasteiger partial charge in [0.05, 0.1) is 25.5 Å². The fraction of sp³-hybridized carbons (Fsp3) is 0.269. The molecule has 3 aromatic carbocycles. The van der Waals surface area contributed by atoms with Crippen LogP contribution in [0.3, 0.4) is 0 Å². The third-order valence-corrected chi connectivity index (χ3v) is 5.93. The lowest BCUT2D eigenvalue weighted by Gasteiger charge is -2.26. The molecule has 0 heterocycles. The molecule has 0 spiro atoms. The van der Waals surface area contributed by atoms with Gasteiger partial charge in [0.25, 0.3) is 0 Å². The van der Waals surface area contributed by atoms with Crippen LogP contribution in [0.2, 0.25) is 0 Å². The van der Waals surface area contributed by atoms with Crippen molar-refractivity contribution < 1.29 is 22.6 Å². The van der Waals surface area contributed by atoms with Crippen LogP contribution in [0.25, 0.3) is 0 Å². The van der Waals surface area contributed by atoms with Crippen molar-refractivity contribution in [1.82, 2.24) is 4.90 Å². The van der Waals surface area contributed by atoms with Crippen molar-refractivity contribution >= 4 is 46.6 Å². The van der Waals surface area contributed by atoms with Gasteiger partial charge in [-0.1, -0.05) is 55.1 Å². The summed E-state index contributed by atoms with van der Waals surface area (Å²) in [6.07, 6.45) is -4.49. The SMILES string of the molecule is CCSC(=Nc1ccccc1C(F)(F)F)N(Cc1ccc(OC)cc1)Cc1ccc(OC)cc1.I. The van der Waals surface area contributed by atoms with Gasteiger partial charge in [0, 0.05) is 13.1 Å². The Kier molecular flexibility index (Phi) is 11.2. The third kappa shape index (κ3) is 8.34. The van der Waals surface area contributed by atoms with Gasteiger partial charge in [0.15, 0.2) is 5.17 Å². The van der Waals surface area contributed by atoms with Crippen molar-refractivity contribution in [3.05, 3.63) is 89.5 Å². The molecule has 0 N–H and O–H groups in total. The number of benzene rings is 3. The molecule has 35 heavy (non-hydrogen) atoms. The van der Waals surface area contributed by atoms with Gasteiger partial charge < -0.3 is 14.4 Å². The van der Waals surface area contributed by atoms with Crippen molar-refractivity contribution in [3.63, 3.8) is 0 Å². The van der Waals surface area contributed by atoms with Gasteiger partial charge in [-0.25, -0.2) is 4.99 Å². The van der Waals surface area contributed by atoms with E-state index in [1.165, 1.54) is 23.9 Å². The van der Waals surface area contributed by atoms with E-state index in [0.29, 0.717) is 24.0 Å². The molecule has 0 aromatic heterocycles. The minimum absolute atomic E-state index is 0. The Hall–Kier alpha value is -2.40. The molecule has 188 valence electrons. The van der Waals surface area contributed by atoms with E-state index < -0.39 is 11.7 Å². The summed E-state index contributed by atoms with van der Waals surface area (Å²) in [7, 11) is 3.21. The molecule has 0 bridgehead atoms. The first-order valence-corrected chi connectivity index (χ1v) is 11.7. The number of thioether (sulfide) groups is 1. The molecule has 0 unspecified atom stereocenters. The zero-order valence-corrected chi connectivity index (χ0v) is 22.9. The number of para-hydroxylation sites is 1. The van der Waals surface area contributed by atoms with E-state index in [1.54, 1.807) is 20.3 Å². The number of hydrogen-bond donors (Lipinski definition) is 0. The van der Waals surface area contributed by atoms with Crippen LogP contribution in [0.15, 0.2) is 77.8 Å². The zero-order chi connectivity index (χ0) is 24.6. The van der Waals surface area contributed by atoms with Crippen LogP contribution in [0, 0.1) is 0 Å². The number of aliphatic imine (C=N–C) groups is 1. The van der Waals surface area contributed by atoms with Gasteiger partial charge in [0.1, 0.15) is 11.5 Å². The smallest absolute Gasteiger partial charge is 0.418 e. The molecule has 0 radical (unpaired) electrons.